The van der Waals surface area contributed by atoms with E-state index in [-0.39, 0.29) is 23.0 Å². The van der Waals surface area contributed by atoms with E-state index >= 15 is 0 Å². The quantitative estimate of drug-likeness (QED) is 0.420. The Morgan fingerprint density at radius 3 is 2.53 bits per heavy atom. The number of nitrogens with zero attached hydrogens (tertiary/aromatic N) is 3. The number of nitro benzene ring substituents is 1. The van der Waals surface area contributed by atoms with Gasteiger partial charge in [-0.2, -0.15) is 5.10 Å². The van der Waals surface area contributed by atoms with Crippen LogP contribution in [-0.4, -0.2) is 20.6 Å². The molecule has 1 aromatic heterocycles. The molecule has 0 aliphatic carbocycles. The molecule has 1 amide bonds. The standard InChI is InChI=1S/C21H21ClN4O4/c1-12-7-5-6-8-19(12)30-18-10-16(9-17(11-18)26(28)29)23-21(27)15(4)25-14(3)20(22)13(2)24-25/h5-11,15H,1-4H3,(H,23,27). The number of carbonyl (C=O) groups is 1. The van der Waals surface area contributed by atoms with Gasteiger partial charge in [0.1, 0.15) is 17.5 Å². The Balaban J connectivity index is 1.88. The lowest BCUT2D eigenvalue weighted by Gasteiger charge is -2.15. The predicted molar refractivity (Wildman–Crippen MR) is 114 cm³/mol. The molecule has 0 saturated heterocycles. The van der Waals surface area contributed by atoms with Crippen LogP contribution in [0.4, 0.5) is 11.4 Å². The summed E-state index contributed by atoms with van der Waals surface area (Å²) in [5, 5.41) is 18.9. The molecule has 3 aromatic rings. The molecule has 2 aromatic carbocycles. The number of rotatable bonds is 6. The molecule has 0 radical (unpaired) electrons. The SMILES string of the molecule is Cc1ccccc1Oc1cc(NC(=O)C(C)n2nc(C)c(Cl)c2C)cc([N+](=O)[O-])c1. The molecular formula is C21H21ClN4O4. The molecule has 0 aliphatic rings. The van der Waals surface area contributed by atoms with Crippen LogP contribution in [0.5, 0.6) is 11.5 Å². The topological polar surface area (TPSA) is 99.3 Å². The number of para-hydroxylation sites is 1. The normalized spacial score (nSPS) is 11.8. The van der Waals surface area contributed by atoms with Gasteiger partial charge >= 0.3 is 0 Å². The largest absolute Gasteiger partial charge is 0.457 e. The number of ether oxygens (including phenoxy) is 1. The Morgan fingerprint density at radius 2 is 1.93 bits per heavy atom. The van der Waals surface area contributed by atoms with Gasteiger partial charge in [0.25, 0.3) is 5.69 Å². The van der Waals surface area contributed by atoms with E-state index in [1.54, 1.807) is 26.8 Å². The van der Waals surface area contributed by atoms with E-state index in [4.69, 9.17) is 16.3 Å². The molecule has 8 nitrogen and oxygen atoms in total. The van der Waals surface area contributed by atoms with Crippen LogP contribution in [0.2, 0.25) is 5.02 Å². The number of anilines is 1. The van der Waals surface area contributed by atoms with Crippen molar-refractivity contribution in [3.63, 3.8) is 0 Å². The second-order valence-corrected chi connectivity index (χ2v) is 7.31. The first-order chi connectivity index (χ1) is 14.2. The van der Waals surface area contributed by atoms with Crippen LogP contribution >= 0.6 is 11.6 Å². The van der Waals surface area contributed by atoms with E-state index in [1.807, 2.05) is 25.1 Å². The molecular weight excluding hydrogens is 408 g/mol. The van der Waals surface area contributed by atoms with Gasteiger partial charge in [0.15, 0.2) is 0 Å². The van der Waals surface area contributed by atoms with Crippen molar-refractivity contribution >= 4 is 28.9 Å². The minimum absolute atomic E-state index is 0.196. The molecule has 1 atom stereocenters. The van der Waals surface area contributed by atoms with Gasteiger partial charge in [-0.3, -0.25) is 19.6 Å². The summed E-state index contributed by atoms with van der Waals surface area (Å²) in [5.74, 6) is 0.427. The number of amides is 1. The fraction of sp³-hybridized carbons (Fsp3) is 0.238. The molecule has 1 heterocycles. The lowest BCUT2D eigenvalue weighted by Crippen LogP contribution is -2.25. The van der Waals surface area contributed by atoms with E-state index < -0.39 is 11.0 Å². The maximum atomic E-state index is 12.8. The predicted octanol–water partition coefficient (Wildman–Crippen LogP) is 5.36. The Kier molecular flexibility index (Phi) is 6.07. The summed E-state index contributed by atoms with van der Waals surface area (Å²) in [6, 6.07) is 10.8. The lowest BCUT2D eigenvalue weighted by molar-refractivity contribution is -0.384. The van der Waals surface area contributed by atoms with E-state index in [9.17, 15) is 14.9 Å². The van der Waals surface area contributed by atoms with Gasteiger partial charge in [-0.15, -0.1) is 0 Å². The minimum atomic E-state index is -0.670. The van der Waals surface area contributed by atoms with Gasteiger partial charge < -0.3 is 10.1 Å². The van der Waals surface area contributed by atoms with Gasteiger partial charge in [0, 0.05) is 12.1 Å². The highest BCUT2D eigenvalue weighted by molar-refractivity contribution is 6.31. The number of hydrogen-bond acceptors (Lipinski definition) is 5. The summed E-state index contributed by atoms with van der Waals surface area (Å²) in [6.07, 6.45) is 0. The number of carbonyl (C=O) groups excluding carboxylic acids is 1. The van der Waals surface area contributed by atoms with Crippen molar-refractivity contribution in [1.29, 1.82) is 0 Å². The van der Waals surface area contributed by atoms with Crippen LogP contribution in [0, 0.1) is 30.9 Å². The first kappa shape index (κ1) is 21.3. The van der Waals surface area contributed by atoms with E-state index in [0.29, 0.717) is 22.2 Å². The van der Waals surface area contributed by atoms with E-state index in [0.717, 1.165) is 5.56 Å². The molecule has 0 spiro atoms. The van der Waals surface area contributed by atoms with Gasteiger partial charge in [0.05, 0.1) is 33.1 Å². The zero-order valence-electron chi connectivity index (χ0n) is 17.0. The van der Waals surface area contributed by atoms with Crippen molar-refractivity contribution in [2.24, 2.45) is 0 Å². The van der Waals surface area contributed by atoms with Gasteiger partial charge in [-0.1, -0.05) is 29.8 Å². The van der Waals surface area contributed by atoms with Crippen molar-refractivity contribution in [3.05, 3.63) is 74.6 Å². The maximum absolute atomic E-state index is 12.8. The lowest BCUT2D eigenvalue weighted by atomic mass is 10.2. The third-order valence-electron chi connectivity index (χ3n) is 4.67. The molecule has 0 saturated carbocycles. The Labute approximate surface area is 178 Å². The van der Waals surface area contributed by atoms with Crippen LogP contribution in [0.3, 0.4) is 0 Å². The highest BCUT2D eigenvalue weighted by Crippen LogP contribution is 2.31. The molecule has 0 bridgehead atoms. The third-order valence-corrected chi connectivity index (χ3v) is 5.22. The third kappa shape index (κ3) is 4.44. The van der Waals surface area contributed by atoms with Gasteiger partial charge in [0.2, 0.25) is 5.91 Å². The molecule has 0 aliphatic heterocycles. The molecule has 3 rings (SSSR count). The van der Waals surface area contributed by atoms with Crippen molar-refractivity contribution in [3.8, 4) is 11.5 Å². The summed E-state index contributed by atoms with van der Waals surface area (Å²) >= 11 is 6.17. The molecule has 1 unspecified atom stereocenters. The maximum Gasteiger partial charge on any atom is 0.275 e. The van der Waals surface area contributed by atoms with Crippen molar-refractivity contribution in [1.82, 2.24) is 9.78 Å². The Bertz CT molecular complexity index is 1130. The zero-order valence-corrected chi connectivity index (χ0v) is 17.7. The smallest absolute Gasteiger partial charge is 0.275 e. The van der Waals surface area contributed by atoms with E-state index in [1.165, 1.54) is 22.9 Å². The number of hydrogen-bond donors (Lipinski definition) is 1. The summed E-state index contributed by atoms with van der Waals surface area (Å²) in [6.45, 7) is 7.07. The van der Waals surface area contributed by atoms with E-state index in [2.05, 4.69) is 10.4 Å². The van der Waals surface area contributed by atoms with Gasteiger partial charge in [-0.05, 0) is 39.3 Å². The van der Waals surface area contributed by atoms with Crippen LogP contribution in [-0.2, 0) is 4.79 Å². The molecule has 156 valence electrons. The summed E-state index contributed by atoms with van der Waals surface area (Å²) in [4.78, 5) is 23.6. The van der Waals surface area contributed by atoms with Crippen LogP contribution < -0.4 is 10.1 Å². The number of aromatic nitrogens is 2. The number of nitrogens with one attached hydrogen (secondary N) is 1. The molecule has 30 heavy (non-hydrogen) atoms. The highest BCUT2D eigenvalue weighted by Gasteiger charge is 2.22. The molecule has 1 N–H and O–H groups in total. The number of aryl methyl sites for hydroxylation is 2. The second kappa shape index (κ2) is 8.54. The van der Waals surface area contributed by atoms with Crippen molar-refractivity contribution < 1.29 is 14.5 Å². The van der Waals surface area contributed by atoms with Crippen molar-refractivity contribution in [2.45, 2.75) is 33.7 Å². The molecule has 9 heteroatoms. The van der Waals surface area contributed by atoms with Gasteiger partial charge in [-0.25, -0.2) is 0 Å². The Morgan fingerprint density at radius 1 is 1.23 bits per heavy atom. The second-order valence-electron chi connectivity index (χ2n) is 6.93. The first-order valence-electron chi connectivity index (χ1n) is 9.22. The fourth-order valence-electron chi connectivity index (χ4n) is 3.00. The average molecular weight is 429 g/mol. The summed E-state index contributed by atoms with van der Waals surface area (Å²) < 4.78 is 7.34. The average Bonchev–Trinajstić information content (AvgIpc) is 2.96. The fourth-order valence-corrected chi connectivity index (χ4v) is 3.12. The summed E-state index contributed by atoms with van der Waals surface area (Å²) in [5.41, 5.74) is 2.22. The number of nitro groups is 1. The number of non-ortho nitro benzene ring substituents is 1. The van der Waals surface area contributed by atoms with Crippen LogP contribution in [0.15, 0.2) is 42.5 Å². The number of benzene rings is 2. The van der Waals surface area contributed by atoms with Crippen LogP contribution in [0.1, 0.15) is 29.9 Å². The van der Waals surface area contributed by atoms with Crippen molar-refractivity contribution in [2.75, 3.05) is 5.32 Å². The first-order valence-corrected chi connectivity index (χ1v) is 9.60. The molecule has 0 fully saturated rings. The Hall–Kier alpha value is -3.39. The summed E-state index contributed by atoms with van der Waals surface area (Å²) in [7, 11) is 0. The van der Waals surface area contributed by atoms with Crippen LogP contribution in [0.25, 0.3) is 0 Å². The zero-order chi connectivity index (χ0) is 22.0. The number of halogens is 1. The minimum Gasteiger partial charge on any atom is -0.457 e. The monoisotopic (exact) mass is 428 g/mol. The highest BCUT2D eigenvalue weighted by atomic mass is 35.5.